The van der Waals surface area contributed by atoms with E-state index in [1.807, 2.05) is 37.3 Å². The summed E-state index contributed by atoms with van der Waals surface area (Å²) in [5, 5.41) is 6.99. The largest absolute Gasteiger partial charge is 0.493 e. The first kappa shape index (κ1) is 22.5. The van der Waals surface area contributed by atoms with Crippen molar-refractivity contribution in [3.63, 3.8) is 0 Å². The molecule has 28 heavy (non-hydrogen) atoms. The quantitative estimate of drug-likeness (QED) is 0.237. The Balaban J connectivity index is 0.00000280. The van der Waals surface area contributed by atoms with Crippen molar-refractivity contribution in [1.29, 1.82) is 0 Å². The van der Waals surface area contributed by atoms with Gasteiger partial charge in [-0.15, -0.1) is 24.0 Å². The van der Waals surface area contributed by atoms with Crippen molar-refractivity contribution < 1.29 is 13.9 Å². The molecular weight excluding hydrogens is 469 g/mol. The third-order valence-corrected chi connectivity index (χ3v) is 4.43. The summed E-state index contributed by atoms with van der Waals surface area (Å²) in [6.45, 7) is 5.68. The molecule has 2 N–H and O–H groups in total. The number of benzene rings is 1. The molecule has 2 heterocycles. The van der Waals surface area contributed by atoms with Gasteiger partial charge in [-0.1, -0.05) is 18.2 Å². The number of para-hydroxylation sites is 1. The third-order valence-electron chi connectivity index (χ3n) is 4.43. The highest BCUT2D eigenvalue weighted by Gasteiger charge is 2.21. The molecule has 1 atom stereocenters. The summed E-state index contributed by atoms with van der Waals surface area (Å²) in [5.41, 5.74) is 1.18. The van der Waals surface area contributed by atoms with E-state index in [1.165, 1.54) is 5.56 Å². The van der Waals surface area contributed by atoms with E-state index in [-0.39, 0.29) is 30.0 Å². The molecule has 6 nitrogen and oxygen atoms in total. The molecule has 1 aliphatic heterocycles. The maximum atomic E-state index is 5.76. The van der Waals surface area contributed by atoms with E-state index in [0.29, 0.717) is 6.61 Å². The van der Waals surface area contributed by atoms with E-state index in [2.05, 4.69) is 16.7 Å². The van der Waals surface area contributed by atoms with Crippen molar-refractivity contribution in [2.45, 2.75) is 32.2 Å². The minimum atomic E-state index is 0. The van der Waals surface area contributed by atoms with Crippen molar-refractivity contribution in [2.24, 2.45) is 4.99 Å². The van der Waals surface area contributed by atoms with Crippen LogP contribution in [0, 0.1) is 0 Å². The number of ether oxygens (including phenoxy) is 2. The van der Waals surface area contributed by atoms with Gasteiger partial charge in [0.25, 0.3) is 0 Å². The van der Waals surface area contributed by atoms with Crippen LogP contribution in [0.3, 0.4) is 0 Å². The van der Waals surface area contributed by atoms with Crippen LogP contribution >= 0.6 is 24.0 Å². The van der Waals surface area contributed by atoms with E-state index >= 15 is 0 Å². The van der Waals surface area contributed by atoms with E-state index in [9.17, 15) is 0 Å². The molecule has 0 saturated heterocycles. The summed E-state index contributed by atoms with van der Waals surface area (Å²) in [6, 6.07) is 12.3. The fourth-order valence-electron chi connectivity index (χ4n) is 3.07. The van der Waals surface area contributed by atoms with Crippen LogP contribution in [0.4, 0.5) is 0 Å². The molecule has 0 spiro atoms. The van der Waals surface area contributed by atoms with Gasteiger partial charge >= 0.3 is 0 Å². The summed E-state index contributed by atoms with van der Waals surface area (Å²) in [5.74, 6) is 2.74. The smallest absolute Gasteiger partial charge is 0.191 e. The average Bonchev–Trinajstić information content (AvgIpc) is 3.21. The van der Waals surface area contributed by atoms with Crippen LogP contribution in [-0.4, -0.2) is 38.9 Å². The van der Waals surface area contributed by atoms with Crippen LogP contribution in [0.15, 0.2) is 52.1 Å². The number of furan rings is 1. The maximum absolute atomic E-state index is 5.76. The van der Waals surface area contributed by atoms with Gasteiger partial charge in [0.1, 0.15) is 11.5 Å². The van der Waals surface area contributed by atoms with Gasteiger partial charge < -0.3 is 24.5 Å². The zero-order chi connectivity index (χ0) is 18.7. The minimum Gasteiger partial charge on any atom is -0.493 e. The van der Waals surface area contributed by atoms with Gasteiger partial charge in [0, 0.05) is 44.7 Å². The van der Waals surface area contributed by atoms with Gasteiger partial charge in [0.2, 0.25) is 0 Å². The predicted molar refractivity (Wildman–Crippen MR) is 122 cm³/mol. The monoisotopic (exact) mass is 499 g/mol. The first-order chi connectivity index (χ1) is 13.4. The van der Waals surface area contributed by atoms with Crippen LogP contribution in [0.1, 0.15) is 37.1 Å². The second kappa shape index (κ2) is 12.7. The Morgan fingerprint density at radius 1 is 1.25 bits per heavy atom. The summed E-state index contributed by atoms with van der Waals surface area (Å²) in [7, 11) is 0. The van der Waals surface area contributed by atoms with Gasteiger partial charge in [-0.2, -0.15) is 0 Å². The van der Waals surface area contributed by atoms with Crippen LogP contribution in [0.2, 0.25) is 0 Å². The number of guanidine groups is 1. The van der Waals surface area contributed by atoms with Crippen LogP contribution in [0.25, 0.3) is 0 Å². The van der Waals surface area contributed by atoms with Gasteiger partial charge in [0.05, 0.1) is 18.9 Å². The summed E-state index contributed by atoms with van der Waals surface area (Å²) >= 11 is 0. The van der Waals surface area contributed by atoms with Crippen molar-refractivity contribution in [3.05, 3.63) is 54.0 Å². The molecule has 7 heteroatoms. The van der Waals surface area contributed by atoms with Crippen LogP contribution < -0.4 is 15.4 Å². The number of hydrogen-bond donors (Lipinski definition) is 2. The number of nitrogens with zero attached hydrogens (tertiary/aromatic N) is 1. The molecule has 3 rings (SSSR count). The van der Waals surface area contributed by atoms with Crippen LogP contribution in [0.5, 0.6) is 5.75 Å². The van der Waals surface area contributed by atoms with E-state index in [1.54, 1.807) is 6.26 Å². The Kier molecular flexibility index (Phi) is 10.2. The van der Waals surface area contributed by atoms with Gasteiger partial charge in [-0.3, -0.25) is 4.99 Å². The normalized spacial score (nSPS) is 15.9. The predicted octanol–water partition coefficient (Wildman–Crippen LogP) is 3.93. The van der Waals surface area contributed by atoms with Crippen molar-refractivity contribution >= 4 is 29.9 Å². The molecule has 2 aromatic rings. The first-order valence-corrected chi connectivity index (χ1v) is 9.73. The molecule has 154 valence electrons. The molecule has 0 fully saturated rings. The molecule has 0 saturated carbocycles. The highest BCUT2D eigenvalue weighted by Crippen LogP contribution is 2.31. The lowest BCUT2D eigenvalue weighted by atomic mass is 10.0. The van der Waals surface area contributed by atoms with Crippen LogP contribution in [-0.2, 0) is 11.2 Å². The van der Waals surface area contributed by atoms with E-state index in [0.717, 1.165) is 63.0 Å². The molecule has 0 bridgehead atoms. The number of fused-ring (bicyclic) bond motifs is 1. The second-order valence-corrected chi connectivity index (χ2v) is 6.41. The zero-order valence-corrected chi connectivity index (χ0v) is 18.7. The number of aliphatic imine (C=N–C) groups is 1. The SMILES string of the molecule is CCOCCCN=C(NCCc1ccco1)NC1CCOc2ccccc21.I. The zero-order valence-electron chi connectivity index (χ0n) is 16.4. The Morgan fingerprint density at radius 2 is 2.14 bits per heavy atom. The number of rotatable bonds is 9. The summed E-state index contributed by atoms with van der Waals surface area (Å²) in [6.07, 6.45) is 4.34. The Labute approximate surface area is 184 Å². The Bertz CT molecular complexity index is 707. The molecule has 0 amide bonds. The topological polar surface area (TPSA) is 68.0 Å². The van der Waals surface area contributed by atoms with Gasteiger partial charge in [0.15, 0.2) is 5.96 Å². The molecular formula is C21H30IN3O3. The highest BCUT2D eigenvalue weighted by molar-refractivity contribution is 14.0. The third kappa shape index (κ3) is 7.01. The summed E-state index contributed by atoms with van der Waals surface area (Å²) in [4.78, 5) is 4.72. The van der Waals surface area contributed by atoms with E-state index < -0.39 is 0 Å². The Hall–Kier alpha value is -1.74. The molecule has 1 aliphatic rings. The fourth-order valence-corrected chi connectivity index (χ4v) is 3.07. The molecule has 0 aliphatic carbocycles. The number of halogens is 1. The molecule has 1 aromatic carbocycles. The van der Waals surface area contributed by atoms with Gasteiger partial charge in [-0.25, -0.2) is 0 Å². The highest BCUT2D eigenvalue weighted by atomic mass is 127. The first-order valence-electron chi connectivity index (χ1n) is 9.73. The van der Waals surface area contributed by atoms with Crippen molar-refractivity contribution in [3.8, 4) is 5.75 Å². The summed E-state index contributed by atoms with van der Waals surface area (Å²) < 4.78 is 16.6. The fraction of sp³-hybridized carbons (Fsp3) is 0.476. The lowest BCUT2D eigenvalue weighted by Gasteiger charge is -2.28. The second-order valence-electron chi connectivity index (χ2n) is 6.41. The standard InChI is InChI=1S/C21H29N3O3.HI/c1-2-25-14-6-12-22-21(23-13-10-17-7-5-15-26-17)24-19-11-16-27-20-9-4-3-8-18(19)20;/h3-5,7-9,15,19H,2,6,10-14,16H2,1H3,(H2,22,23,24);1H. The molecule has 0 radical (unpaired) electrons. The molecule has 1 aromatic heterocycles. The van der Waals surface area contributed by atoms with Crippen molar-refractivity contribution in [1.82, 2.24) is 10.6 Å². The lowest BCUT2D eigenvalue weighted by molar-refractivity contribution is 0.146. The molecule has 1 unspecified atom stereocenters. The maximum Gasteiger partial charge on any atom is 0.191 e. The van der Waals surface area contributed by atoms with Gasteiger partial charge in [-0.05, 0) is 31.5 Å². The average molecular weight is 499 g/mol. The minimum absolute atomic E-state index is 0. The Morgan fingerprint density at radius 3 is 2.96 bits per heavy atom. The van der Waals surface area contributed by atoms with E-state index in [4.69, 9.17) is 18.9 Å². The number of hydrogen-bond acceptors (Lipinski definition) is 4. The number of nitrogens with one attached hydrogen (secondary N) is 2. The van der Waals surface area contributed by atoms with Crippen molar-refractivity contribution in [2.75, 3.05) is 32.9 Å². The lowest BCUT2D eigenvalue weighted by Crippen LogP contribution is -2.42.